The van der Waals surface area contributed by atoms with Crippen molar-refractivity contribution in [1.82, 2.24) is 5.16 Å². The van der Waals surface area contributed by atoms with Crippen LogP contribution in [0.15, 0.2) is 47.0 Å². The van der Waals surface area contributed by atoms with E-state index >= 15 is 0 Å². The molecule has 3 rings (SSSR count). The van der Waals surface area contributed by atoms with E-state index in [-0.39, 0.29) is 17.3 Å². The van der Waals surface area contributed by atoms with Crippen LogP contribution in [-0.2, 0) is 0 Å². The molecule has 0 aliphatic heterocycles. The minimum Gasteiger partial charge on any atom is -0.351 e. The lowest BCUT2D eigenvalue weighted by Gasteiger charge is -2.02. The topological polar surface area (TPSA) is 55.1 Å². The van der Waals surface area contributed by atoms with E-state index in [1.54, 1.807) is 18.2 Å². The number of hydrogen-bond donors (Lipinski definition) is 1. The van der Waals surface area contributed by atoms with Crippen LogP contribution in [0.1, 0.15) is 10.4 Å². The van der Waals surface area contributed by atoms with Crippen LogP contribution in [0.25, 0.3) is 11.0 Å². The van der Waals surface area contributed by atoms with Crippen molar-refractivity contribution in [2.24, 2.45) is 0 Å². The Morgan fingerprint density at radius 1 is 1.20 bits per heavy atom. The fourth-order valence-electron chi connectivity index (χ4n) is 1.80. The van der Waals surface area contributed by atoms with Crippen molar-refractivity contribution >= 4 is 45.3 Å². The van der Waals surface area contributed by atoms with Gasteiger partial charge in [-0.15, -0.1) is 0 Å². The molecular formula is C14H8FIN2O2. The Morgan fingerprint density at radius 2 is 1.95 bits per heavy atom. The normalized spacial score (nSPS) is 10.7. The summed E-state index contributed by atoms with van der Waals surface area (Å²) >= 11 is 2.16. The second-order valence-electron chi connectivity index (χ2n) is 4.11. The number of fused-ring (bicyclic) bond motifs is 1. The highest BCUT2D eigenvalue weighted by Crippen LogP contribution is 2.25. The highest BCUT2D eigenvalue weighted by atomic mass is 127. The molecule has 0 bridgehead atoms. The first kappa shape index (κ1) is 13.0. The molecule has 0 saturated carbocycles. The van der Waals surface area contributed by atoms with Crippen molar-refractivity contribution in [2.75, 3.05) is 5.32 Å². The maximum absolute atomic E-state index is 13.5. The second-order valence-corrected chi connectivity index (χ2v) is 5.35. The predicted octanol–water partition coefficient (Wildman–Crippen LogP) is 3.82. The number of aromatic nitrogens is 1. The molecule has 2 aromatic carbocycles. The minimum absolute atomic E-state index is 0.0328. The molecule has 1 heterocycles. The van der Waals surface area contributed by atoms with Crippen molar-refractivity contribution in [2.45, 2.75) is 0 Å². The van der Waals surface area contributed by atoms with E-state index < -0.39 is 5.82 Å². The molecule has 0 spiro atoms. The van der Waals surface area contributed by atoms with Crippen molar-refractivity contribution < 1.29 is 13.7 Å². The molecule has 0 fully saturated rings. The van der Waals surface area contributed by atoms with E-state index in [4.69, 9.17) is 4.52 Å². The Hall–Kier alpha value is -1.96. The number of halogens is 2. The fraction of sp³-hybridized carbons (Fsp3) is 0. The van der Waals surface area contributed by atoms with Gasteiger partial charge in [0.2, 0.25) is 5.58 Å². The van der Waals surface area contributed by atoms with E-state index in [1.807, 2.05) is 12.1 Å². The van der Waals surface area contributed by atoms with E-state index in [0.717, 1.165) is 3.57 Å². The summed E-state index contributed by atoms with van der Waals surface area (Å²) in [5.74, 6) is -0.617. The van der Waals surface area contributed by atoms with Crippen molar-refractivity contribution in [3.05, 3.63) is 57.4 Å². The van der Waals surface area contributed by atoms with Gasteiger partial charge in [-0.05, 0) is 59.0 Å². The lowest BCUT2D eigenvalue weighted by Crippen LogP contribution is -2.12. The molecule has 0 unspecified atom stereocenters. The zero-order valence-corrected chi connectivity index (χ0v) is 12.2. The summed E-state index contributed by atoms with van der Waals surface area (Å²) in [6, 6.07) is 11.5. The summed E-state index contributed by atoms with van der Waals surface area (Å²) in [5, 5.41) is 6.74. The van der Waals surface area contributed by atoms with E-state index in [2.05, 4.69) is 33.1 Å². The first-order chi connectivity index (χ1) is 9.65. The molecule has 3 aromatic rings. The Kier molecular flexibility index (Phi) is 3.39. The molecule has 0 aliphatic rings. The number of para-hydroxylation sites is 1. The quantitative estimate of drug-likeness (QED) is 0.686. The van der Waals surface area contributed by atoms with Gasteiger partial charge in [0.05, 0.1) is 5.39 Å². The van der Waals surface area contributed by atoms with Crippen LogP contribution in [0.2, 0.25) is 0 Å². The average Bonchev–Trinajstić information content (AvgIpc) is 2.84. The van der Waals surface area contributed by atoms with Gasteiger partial charge in [-0.25, -0.2) is 4.39 Å². The van der Waals surface area contributed by atoms with Crippen molar-refractivity contribution in [1.29, 1.82) is 0 Å². The Labute approximate surface area is 127 Å². The number of carbonyl (C=O) groups is 1. The van der Waals surface area contributed by atoms with Gasteiger partial charge < -0.3 is 9.84 Å². The number of amides is 1. The molecule has 0 aliphatic carbocycles. The molecular weight excluding hydrogens is 374 g/mol. The summed E-state index contributed by atoms with van der Waals surface area (Å²) in [5.41, 5.74) is 0.531. The highest BCUT2D eigenvalue weighted by molar-refractivity contribution is 14.1. The zero-order chi connectivity index (χ0) is 14.1. The van der Waals surface area contributed by atoms with Crippen molar-refractivity contribution in [3.8, 4) is 0 Å². The maximum Gasteiger partial charge on any atom is 0.256 e. The Balaban J connectivity index is 1.91. The molecule has 1 N–H and O–H groups in total. The first-order valence-corrected chi connectivity index (χ1v) is 6.84. The number of benzene rings is 2. The number of anilines is 1. The molecule has 4 nitrogen and oxygen atoms in total. The molecule has 100 valence electrons. The second kappa shape index (κ2) is 5.20. The average molecular weight is 382 g/mol. The molecule has 20 heavy (non-hydrogen) atoms. The zero-order valence-electron chi connectivity index (χ0n) is 10.1. The van der Waals surface area contributed by atoms with Crippen LogP contribution in [0, 0.1) is 9.39 Å². The Bertz CT molecular complexity index is 783. The van der Waals surface area contributed by atoms with Crippen LogP contribution in [0.5, 0.6) is 0 Å². The summed E-state index contributed by atoms with van der Waals surface area (Å²) in [7, 11) is 0. The summed E-state index contributed by atoms with van der Waals surface area (Å²) < 4.78 is 19.4. The van der Waals surface area contributed by atoms with Crippen LogP contribution in [0.3, 0.4) is 0 Å². The minimum atomic E-state index is -0.509. The number of hydrogen-bond acceptors (Lipinski definition) is 3. The fourth-order valence-corrected chi connectivity index (χ4v) is 2.16. The van der Waals surface area contributed by atoms with E-state index in [1.165, 1.54) is 12.1 Å². The third-order valence-corrected chi connectivity index (χ3v) is 3.51. The summed E-state index contributed by atoms with van der Waals surface area (Å²) in [6.07, 6.45) is 0. The number of nitrogens with zero attached hydrogens (tertiary/aromatic N) is 1. The highest BCUT2D eigenvalue weighted by Gasteiger charge is 2.14. The van der Waals surface area contributed by atoms with E-state index in [0.29, 0.717) is 10.9 Å². The molecule has 0 radical (unpaired) electrons. The first-order valence-electron chi connectivity index (χ1n) is 5.76. The standard InChI is InChI=1S/C14H8FIN2O2/c15-11-3-1-2-10-12(11)20-18-13(10)17-14(19)8-4-6-9(16)7-5-8/h1-7H,(H,17,18,19). The molecule has 0 atom stereocenters. The van der Waals surface area contributed by atoms with Crippen LogP contribution >= 0.6 is 22.6 Å². The third kappa shape index (κ3) is 2.38. The van der Waals surface area contributed by atoms with Gasteiger partial charge in [-0.2, -0.15) is 0 Å². The third-order valence-electron chi connectivity index (χ3n) is 2.79. The Morgan fingerprint density at radius 3 is 2.70 bits per heavy atom. The van der Waals surface area contributed by atoms with Crippen LogP contribution < -0.4 is 5.32 Å². The molecule has 1 aromatic heterocycles. The van der Waals surface area contributed by atoms with Crippen molar-refractivity contribution in [3.63, 3.8) is 0 Å². The van der Waals surface area contributed by atoms with Gasteiger partial charge >= 0.3 is 0 Å². The lowest BCUT2D eigenvalue weighted by atomic mass is 10.2. The smallest absolute Gasteiger partial charge is 0.256 e. The van der Waals surface area contributed by atoms with Crippen LogP contribution in [-0.4, -0.2) is 11.1 Å². The maximum atomic E-state index is 13.5. The number of rotatable bonds is 2. The van der Waals surface area contributed by atoms with E-state index in [9.17, 15) is 9.18 Å². The lowest BCUT2D eigenvalue weighted by molar-refractivity contribution is 0.102. The van der Waals surface area contributed by atoms with Gasteiger partial charge in [0, 0.05) is 9.13 Å². The molecule has 6 heteroatoms. The van der Waals surface area contributed by atoms with Gasteiger partial charge in [0.15, 0.2) is 11.6 Å². The number of nitrogens with one attached hydrogen (secondary N) is 1. The largest absolute Gasteiger partial charge is 0.351 e. The van der Waals surface area contributed by atoms with Gasteiger partial charge in [-0.3, -0.25) is 4.79 Å². The predicted molar refractivity (Wildman–Crippen MR) is 81.1 cm³/mol. The molecule has 0 saturated heterocycles. The van der Waals surface area contributed by atoms with Gasteiger partial charge in [-0.1, -0.05) is 11.2 Å². The molecule has 1 amide bonds. The van der Waals surface area contributed by atoms with Gasteiger partial charge in [0.1, 0.15) is 0 Å². The monoisotopic (exact) mass is 382 g/mol. The van der Waals surface area contributed by atoms with Gasteiger partial charge in [0.25, 0.3) is 5.91 Å². The summed E-state index contributed by atoms with van der Waals surface area (Å²) in [4.78, 5) is 12.1. The number of carbonyl (C=O) groups excluding carboxylic acids is 1. The summed E-state index contributed by atoms with van der Waals surface area (Å²) in [6.45, 7) is 0. The SMILES string of the molecule is O=C(Nc1noc2c(F)cccc12)c1ccc(I)cc1. The van der Waals surface area contributed by atoms with Crippen LogP contribution in [0.4, 0.5) is 10.2 Å².